The number of carbonyl (C=O) groups is 2. The summed E-state index contributed by atoms with van der Waals surface area (Å²) in [6, 6.07) is 22.8. The van der Waals surface area contributed by atoms with Crippen LogP contribution in [0.15, 0.2) is 77.3 Å². The van der Waals surface area contributed by atoms with Crippen molar-refractivity contribution in [1.82, 2.24) is 10.2 Å². The first-order chi connectivity index (χ1) is 18.4. The summed E-state index contributed by atoms with van der Waals surface area (Å²) in [5, 5.41) is 5.86. The summed E-state index contributed by atoms with van der Waals surface area (Å²) in [6.45, 7) is 0.524. The van der Waals surface area contributed by atoms with E-state index in [-0.39, 0.29) is 23.0 Å². The molecule has 0 unspecified atom stereocenters. The molecule has 0 heterocycles. The van der Waals surface area contributed by atoms with Crippen LogP contribution in [0.5, 0.6) is 5.75 Å². The SMILES string of the molecule is CN(C(=O)c1ccccc1NC(=S)NC(=O)c1ccc(OCCc2ccccc2)c(Br)c1)C1CCCCC1. The van der Waals surface area contributed by atoms with E-state index in [1.54, 1.807) is 30.3 Å². The second-order valence-electron chi connectivity index (χ2n) is 9.39. The van der Waals surface area contributed by atoms with Crippen LogP contribution in [0.4, 0.5) is 5.69 Å². The van der Waals surface area contributed by atoms with Crippen LogP contribution >= 0.6 is 28.1 Å². The number of halogens is 1. The molecular formula is C30H32BrN3O3S. The van der Waals surface area contributed by atoms with Crippen molar-refractivity contribution < 1.29 is 14.3 Å². The third-order valence-corrected chi connectivity index (χ3v) is 7.58. The normalized spacial score (nSPS) is 13.4. The van der Waals surface area contributed by atoms with Crippen LogP contribution in [0.3, 0.4) is 0 Å². The van der Waals surface area contributed by atoms with Crippen molar-refractivity contribution in [1.29, 1.82) is 0 Å². The van der Waals surface area contributed by atoms with Crippen LogP contribution in [0.1, 0.15) is 58.4 Å². The van der Waals surface area contributed by atoms with E-state index in [0.29, 0.717) is 33.6 Å². The van der Waals surface area contributed by atoms with Gasteiger partial charge in [-0.05, 0) is 76.9 Å². The largest absolute Gasteiger partial charge is 0.492 e. The van der Waals surface area contributed by atoms with Gasteiger partial charge in [0, 0.05) is 25.1 Å². The lowest BCUT2D eigenvalue weighted by atomic mass is 9.94. The molecule has 1 fully saturated rings. The lowest BCUT2D eigenvalue weighted by Crippen LogP contribution is -2.39. The van der Waals surface area contributed by atoms with E-state index in [2.05, 4.69) is 38.7 Å². The molecule has 0 saturated heterocycles. The fraction of sp³-hybridized carbons (Fsp3) is 0.300. The number of amides is 2. The second-order valence-corrected chi connectivity index (χ2v) is 10.7. The number of carbonyl (C=O) groups excluding carboxylic acids is 2. The fourth-order valence-electron chi connectivity index (χ4n) is 4.61. The minimum absolute atomic E-state index is 0.0547. The van der Waals surface area contributed by atoms with E-state index >= 15 is 0 Å². The summed E-state index contributed by atoms with van der Waals surface area (Å²) in [5.74, 6) is 0.246. The fourth-order valence-corrected chi connectivity index (χ4v) is 5.31. The summed E-state index contributed by atoms with van der Waals surface area (Å²) in [7, 11) is 1.86. The molecule has 0 spiro atoms. The molecule has 1 aliphatic rings. The average molecular weight is 595 g/mol. The van der Waals surface area contributed by atoms with E-state index in [0.717, 1.165) is 32.1 Å². The number of hydrogen-bond donors (Lipinski definition) is 2. The molecule has 198 valence electrons. The van der Waals surface area contributed by atoms with Crippen LogP contribution in [-0.2, 0) is 6.42 Å². The second kappa shape index (κ2) is 13.5. The zero-order valence-electron chi connectivity index (χ0n) is 21.4. The van der Waals surface area contributed by atoms with Crippen LogP contribution in [0, 0.1) is 0 Å². The highest BCUT2D eigenvalue weighted by Crippen LogP contribution is 2.27. The predicted molar refractivity (Wildman–Crippen MR) is 159 cm³/mol. The zero-order valence-corrected chi connectivity index (χ0v) is 23.8. The molecule has 3 aromatic carbocycles. The van der Waals surface area contributed by atoms with Gasteiger partial charge in [0.15, 0.2) is 5.11 Å². The van der Waals surface area contributed by atoms with Gasteiger partial charge >= 0.3 is 0 Å². The Kier molecular flexibility index (Phi) is 9.90. The van der Waals surface area contributed by atoms with Crippen LogP contribution in [0.2, 0.25) is 0 Å². The van der Waals surface area contributed by atoms with Crippen molar-refractivity contribution in [2.45, 2.75) is 44.6 Å². The van der Waals surface area contributed by atoms with Crippen molar-refractivity contribution in [3.63, 3.8) is 0 Å². The van der Waals surface area contributed by atoms with E-state index < -0.39 is 0 Å². The number of thiocarbonyl (C=S) groups is 1. The summed E-state index contributed by atoms with van der Waals surface area (Å²) in [6.07, 6.45) is 6.36. The van der Waals surface area contributed by atoms with Gasteiger partial charge in [0.1, 0.15) is 5.75 Å². The maximum Gasteiger partial charge on any atom is 0.257 e. The number of hydrogen-bond acceptors (Lipinski definition) is 4. The number of rotatable bonds is 8. The van der Waals surface area contributed by atoms with Gasteiger partial charge in [-0.2, -0.15) is 0 Å². The number of nitrogens with one attached hydrogen (secondary N) is 2. The third-order valence-electron chi connectivity index (χ3n) is 6.76. The molecule has 0 aromatic heterocycles. The monoisotopic (exact) mass is 593 g/mol. The summed E-state index contributed by atoms with van der Waals surface area (Å²) in [4.78, 5) is 28.0. The molecule has 0 radical (unpaired) electrons. The van der Waals surface area contributed by atoms with Crippen molar-refractivity contribution in [3.8, 4) is 5.75 Å². The Hall–Kier alpha value is -3.23. The Morgan fingerprint density at radius 1 is 1.00 bits per heavy atom. The highest BCUT2D eigenvalue weighted by molar-refractivity contribution is 9.10. The van der Waals surface area contributed by atoms with Gasteiger partial charge in [-0.1, -0.05) is 61.7 Å². The quantitative estimate of drug-likeness (QED) is 0.288. The molecule has 8 heteroatoms. The van der Waals surface area contributed by atoms with E-state index in [9.17, 15) is 9.59 Å². The minimum Gasteiger partial charge on any atom is -0.492 e. The van der Waals surface area contributed by atoms with Gasteiger partial charge in [-0.3, -0.25) is 14.9 Å². The van der Waals surface area contributed by atoms with Crippen molar-refractivity contribution in [3.05, 3.63) is 94.0 Å². The summed E-state index contributed by atoms with van der Waals surface area (Å²) >= 11 is 8.91. The van der Waals surface area contributed by atoms with Gasteiger partial charge in [0.05, 0.1) is 22.3 Å². The van der Waals surface area contributed by atoms with Crippen LogP contribution in [-0.4, -0.2) is 41.5 Å². The summed E-state index contributed by atoms with van der Waals surface area (Å²) in [5.41, 5.74) is 2.72. The molecule has 2 amide bonds. The Balaban J connectivity index is 1.34. The lowest BCUT2D eigenvalue weighted by Gasteiger charge is -2.31. The maximum absolute atomic E-state index is 13.3. The highest BCUT2D eigenvalue weighted by Gasteiger charge is 2.24. The smallest absolute Gasteiger partial charge is 0.257 e. The number of anilines is 1. The first-order valence-electron chi connectivity index (χ1n) is 12.9. The van der Waals surface area contributed by atoms with E-state index in [1.165, 1.54) is 12.0 Å². The average Bonchev–Trinajstić information content (AvgIpc) is 2.94. The molecule has 1 saturated carbocycles. The third kappa shape index (κ3) is 7.42. The van der Waals surface area contributed by atoms with Crippen LogP contribution < -0.4 is 15.4 Å². The molecule has 0 atom stereocenters. The standard InChI is InChI=1S/C30H32BrN3O3S/c1-34(23-12-6-3-7-13-23)29(36)24-14-8-9-15-26(24)32-30(38)33-28(35)22-16-17-27(25(31)20-22)37-19-18-21-10-4-2-5-11-21/h2,4-5,8-11,14-17,20,23H,3,6-7,12-13,18-19H2,1H3,(H2,32,33,35,38). The highest BCUT2D eigenvalue weighted by atomic mass is 79.9. The Bertz CT molecular complexity index is 1280. The van der Waals surface area contributed by atoms with Gasteiger partial charge in [0.25, 0.3) is 11.8 Å². The first-order valence-corrected chi connectivity index (χ1v) is 14.1. The number of para-hydroxylation sites is 1. The minimum atomic E-state index is -0.359. The van der Waals surface area contributed by atoms with Gasteiger partial charge in [-0.15, -0.1) is 0 Å². The molecule has 4 rings (SSSR count). The van der Waals surface area contributed by atoms with Crippen molar-refractivity contribution >= 4 is 50.8 Å². The lowest BCUT2D eigenvalue weighted by molar-refractivity contribution is 0.0697. The predicted octanol–water partition coefficient (Wildman–Crippen LogP) is 6.60. The number of ether oxygens (including phenoxy) is 1. The molecule has 3 aromatic rings. The van der Waals surface area contributed by atoms with Gasteiger partial charge in [-0.25, -0.2) is 0 Å². The van der Waals surface area contributed by atoms with E-state index in [4.69, 9.17) is 17.0 Å². The molecule has 0 bridgehead atoms. The molecule has 0 aliphatic heterocycles. The van der Waals surface area contributed by atoms with Crippen LogP contribution in [0.25, 0.3) is 0 Å². The Morgan fingerprint density at radius 2 is 1.71 bits per heavy atom. The molecule has 38 heavy (non-hydrogen) atoms. The first kappa shape index (κ1) is 27.8. The molecule has 2 N–H and O–H groups in total. The zero-order chi connectivity index (χ0) is 26.9. The Labute approximate surface area is 237 Å². The molecular weight excluding hydrogens is 562 g/mol. The molecule has 6 nitrogen and oxygen atoms in total. The summed E-state index contributed by atoms with van der Waals surface area (Å²) < 4.78 is 6.56. The van der Waals surface area contributed by atoms with Gasteiger partial charge in [0.2, 0.25) is 0 Å². The van der Waals surface area contributed by atoms with E-state index in [1.807, 2.05) is 42.3 Å². The van der Waals surface area contributed by atoms with Crippen molar-refractivity contribution in [2.24, 2.45) is 0 Å². The number of benzene rings is 3. The van der Waals surface area contributed by atoms with Gasteiger partial charge < -0.3 is 15.0 Å². The number of nitrogens with zero attached hydrogens (tertiary/aromatic N) is 1. The maximum atomic E-state index is 13.3. The topological polar surface area (TPSA) is 70.7 Å². The molecule has 1 aliphatic carbocycles. The Morgan fingerprint density at radius 3 is 2.45 bits per heavy atom. The van der Waals surface area contributed by atoms with Crippen molar-refractivity contribution in [2.75, 3.05) is 19.0 Å².